The molecule has 0 unspecified atom stereocenters. The van der Waals surface area contributed by atoms with E-state index in [1.165, 1.54) is 27.7 Å². The molecule has 0 bridgehead atoms. The minimum atomic E-state index is -4.78. The van der Waals surface area contributed by atoms with Crippen LogP contribution in [0.1, 0.15) is 69.2 Å². The molecule has 0 aliphatic heterocycles. The van der Waals surface area contributed by atoms with E-state index >= 15 is 0 Å². The summed E-state index contributed by atoms with van der Waals surface area (Å²) < 4.78 is 89.4. The number of halogens is 5. The molecule has 0 saturated carbocycles. The first-order valence-electron chi connectivity index (χ1n) is 14.2. The van der Waals surface area contributed by atoms with Gasteiger partial charge in [-0.05, 0) is 69.2 Å². The van der Waals surface area contributed by atoms with Crippen LogP contribution in [-0.2, 0) is 57.2 Å². The quantitative estimate of drug-likeness (QED) is 0.0627. The van der Waals surface area contributed by atoms with Crippen LogP contribution in [0.15, 0.2) is 33.4 Å². The lowest BCUT2D eigenvalue weighted by Crippen LogP contribution is -2.24. The van der Waals surface area contributed by atoms with Crippen molar-refractivity contribution < 1.29 is 79.1 Å². The Balaban J connectivity index is -0.000000621. The van der Waals surface area contributed by atoms with Gasteiger partial charge in [0.25, 0.3) is 6.43 Å². The van der Waals surface area contributed by atoms with Crippen molar-refractivity contribution in [3.63, 3.8) is 0 Å². The van der Waals surface area contributed by atoms with E-state index in [1.807, 2.05) is 0 Å². The summed E-state index contributed by atoms with van der Waals surface area (Å²) in [5.74, 6) is -6.07. The standard InChI is InChI=1S/C10H13F3O4.C10H14F2O4.C10H16O4/c1-4-16-8(14)7(9(15)17-5-2)6(3)10(11,12)13;1-4-15-9(13)7(6(3)8(11)12)10(14)16-5-2;1-5-13-9(11)8(7(3)4)10(12)14-6-2/h4-5H2,1-3H3;8H,4-5H2,1-3H3;5-6H2,1-4H3. The van der Waals surface area contributed by atoms with Crippen molar-refractivity contribution in [3.8, 4) is 0 Å². The first-order valence-corrected chi connectivity index (χ1v) is 14.2. The number of hydrogen-bond donors (Lipinski definition) is 0. The number of allylic oxidation sites excluding steroid dienone is 3. The molecule has 12 nitrogen and oxygen atoms in total. The van der Waals surface area contributed by atoms with Gasteiger partial charge in [-0.2, -0.15) is 13.2 Å². The molecule has 47 heavy (non-hydrogen) atoms. The van der Waals surface area contributed by atoms with Crippen LogP contribution in [0.3, 0.4) is 0 Å². The number of rotatable bonds is 13. The van der Waals surface area contributed by atoms with E-state index < -0.39 is 70.7 Å². The summed E-state index contributed by atoms with van der Waals surface area (Å²) >= 11 is 0. The third kappa shape index (κ3) is 18.4. The van der Waals surface area contributed by atoms with E-state index in [0.717, 1.165) is 6.92 Å². The molecule has 0 saturated heterocycles. The summed E-state index contributed by atoms with van der Waals surface area (Å²) in [4.78, 5) is 67.8. The monoisotopic (exact) mass is 690 g/mol. The normalized spacial score (nSPS) is 9.96. The minimum absolute atomic E-state index is 0.00173. The molecule has 0 spiro atoms. The predicted octanol–water partition coefficient (Wildman–Crippen LogP) is 5.13. The summed E-state index contributed by atoms with van der Waals surface area (Å²) in [6, 6.07) is 0. The van der Waals surface area contributed by atoms with E-state index in [4.69, 9.17) is 9.47 Å². The van der Waals surface area contributed by atoms with Crippen LogP contribution in [0.2, 0.25) is 0 Å². The van der Waals surface area contributed by atoms with E-state index in [1.54, 1.807) is 27.7 Å². The molecule has 270 valence electrons. The van der Waals surface area contributed by atoms with Crippen molar-refractivity contribution in [2.24, 2.45) is 0 Å². The van der Waals surface area contributed by atoms with Gasteiger partial charge in [0.15, 0.2) is 5.57 Å². The number of ether oxygens (including phenoxy) is 6. The van der Waals surface area contributed by atoms with E-state index in [9.17, 15) is 50.7 Å². The van der Waals surface area contributed by atoms with E-state index in [0.29, 0.717) is 12.5 Å². The summed E-state index contributed by atoms with van der Waals surface area (Å²) in [5, 5.41) is 0. The van der Waals surface area contributed by atoms with Gasteiger partial charge in [-0.1, -0.05) is 5.57 Å². The predicted molar refractivity (Wildman–Crippen MR) is 156 cm³/mol. The van der Waals surface area contributed by atoms with Gasteiger partial charge in [0, 0.05) is 5.57 Å². The summed E-state index contributed by atoms with van der Waals surface area (Å²) in [7, 11) is 0. The Hall–Kier alpha value is -4.31. The third-order valence-electron chi connectivity index (χ3n) is 4.90. The second kappa shape index (κ2) is 24.9. The van der Waals surface area contributed by atoms with Gasteiger partial charge in [-0.3, -0.25) is 0 Å². The van der Waals surface area contributed by atoms with Crippen LogP contribution in [0.25, 0.3) is 0 Å². The maximum absolute atomic E-state index is 12.4. The van der Waals surface area contributed by atoms with Crippen LogP contribution >= 0.6 is 0 Å². The fourth-order valence-corrected chi connectivity index (χ4v) is 2.76. The molecule has 0 aliphatic carbocycles. The average molecular weight is 691 g/mol. The lowest BCUT2D eigenvalue weighted by atomic mass is 10.1. The van der Waals surface area contributed by atoms with Gasteiger partial charge in [-0.15, -0.1) is 0 Å². The lowest BCUT2D eigenvalue weighted by molar-refractivity contribution is -0.149. The molecule has 0 aromatic heterocycles. The van der Waals surface area contributed by atoms with Crippen LogP contribution in [-0.4, -0.2) is 88.1 Å². The summed E-state index contributed by atoms with van der Waals surface area (Å²) in [5.41, 5.74) is -3.21. The van der Waals surface area contributed by atoms with Gasteiger partial charge in [0.1, 0.15) is 11.1 Å². The van der Waals surface area contributed by atoms with Crippen molar-refractivity contribution in [1.82, 2.24) is 0 Å². The van der Waals surface area contributed by atoms with Crippen LogP contribution in [0.4, 0.5) is 22.0 Å². The highest BCUT2D eigenvalue weighted by atomic mass is 19.4. The van der Waals surface area contributed by atoms with Gasteiger partial charge in [0.05, 0.1) is 45.2 Å². The third-order valence-corrected chi connectivity index (χ3v) is 4.90. The summed E-state index contributed by atoms with van der Waals surface area (Å²) in [6.07, 6.45) is -7.68. The largest absolute Gasteiger partial charge is 0.462 e. The van der Waals surface area contributed by atoms with Gasteiger partial charge in [-0.25, -0.2) is 37.5 Å². The first kappa shape index (κ1) is 47.1. The molecule has 17 heteroatoms. The molecule has 0 rings (SSSR count). The molecule has 0 aromatic carbocycles. The second-order valence-electron chi connectivity index (χ2n) is 8.55. The Morgan fingerprint density at radius 2 is 0.702 bits per heavy atom. The SMILES string of the molecule is CCOC(=O)C(C(=O)OCC)=C(C)C.CCOC(=O)C(C(=O)OCC)=C(C)C(F)(F)F.CCOC(=O)C(C(=O)OCC)=C(C)C(F)F. The minimum Gasteiger partial charge on any atom is -0.462 e. The fraction of sp³-hybridized carbons (Fsp3) is 0.600. The Morgan fingerprint density at radius 3 is 0.894 bits per heavy atom. The summed E-state index contributed by atoms with van der Waals surface area (Å²) in [6.45, 7) is 14.4. The van der Waals surface area contributed by atoms with E-state index in [-0.39, 0.29) is 45.2 Å². The highest BCUT2D eigenvalue weighted by Crippen LogP contribution is 2.28. The number of esters is 6. The zero-order chi connectivity index (χ0) is 37.5. The Kier molecular flexibility index (Phi) is 24.9. The highest BCUT2D eigenvalue weighted by molar-refractivity contribution is 6.16. The molecule has 0 amide bonds. The molecule has 0 radical (unpaired) electrons. The van der Waals surface area contributed by atoms with Gasteiger partial charge < -0.3 is 28.4 Å². The van der Waals surface area contributed by atoms with Crippen molar-refractivity contribution in [2.75, 3.05) is 39.6 Å². The number of hydrogen-bond acceptors (Lipinski definition) is 12. The van der Waals surface area contributed by atoms with Crippen molar-refractivity contribution in [2.45, 2.75) is 81.8 Å². The molecule has 0 aromatic rings. The van der Waals surface area contributed by atoms with Gasteiger partial charge in [0.2, 0.25) is 0 Å². The molecule has 0 fully saturated rings. The fourth-order valence-electron chi connectivity index (χ4n) is 2.76. The average Bonchev–Trinajstić information content (AvgIpc) is 2.94. The highest BCUT2D eigenvalue weighted by Gasteiger charge is 2.38. The van der Waals surface area contributed by atoms with E-state index in [2.05, 4.69) is 18.9 Å². The topological polar surface area (TPSA) is 158 Å². The van der Waals surface area contributed by atoms with Crippen LogP contribution in [0.5, 0.6) is 0 Å². The molecular formula is C30H43F5O12. The Labute approximate surface area is 270 Å². The Bertz CT molecular complexity index is 1100. The zero-order valence-corrected chi connectivity index (χ0v) is 28.1. The lowest BCUT2D eigenvalue weighted by Gasteiger charge is -2.12. The maximum atomic E-state index is 12.4. The maximum Gasteiger partial charge on any atom is 0.413 e. The molecule has 0 atom stereocenters. The second-order valence-corrected chi connectivity index (χ2v) is 8.55. The number of carbonyl (C=O) groups excluding carboxylic acids is 6. The Morgan fingerprint density at radius 1 is 0.468 bits per heavy atom. The number of carbonyl (C=O) groups is 6. The van der Waals surface area contributed by atoms with Crippen molar-refractivity contribution in [1.29, 1.82) is 0 Å². The van der Waals surface area contributed by atoms with Crippen LogP contribution < -0.4 is 0 Å². The molecule has 0 aliphatic rings. The first-order chi connectivity index (χ1) is 21.7. The smallest absolute Gasteiger partial charge is 0.413 e. The van der Waals surface area contributed by atoms with Crippen molar-refractivity contribution in [3.05, 3.63) is 33.4 Å². The molecule has 0 heterocycles. The molecule has 0 N–H and O–H groups in total. The van der Waals surface area contributed by atoms with Crippen LogP contribution in [0, 0.1) is 0 Å². The van der Waals surface area contributed by atoms with Crippen molar-refractivity contribution >= 4 is 35.8 Å². The van der Waals surface area contributed by atoms with Gasteiger partial charge >= 0.3 is 42.0 Å². The molecular weight excluding hydrogens is 647 g/mol. The number of alkyl halides is 5. The zero-order valence-electron chi connectivity index (χ0n) is 28.1.